The molecule has 2 aromatic rings. The van der Waals surface area contributed by atoms with Crippen LogP contribution in [0.3, 0.4) is 0 Å². The van der Waals surface area contributed by atoms with Gasteiger partial charge in [0, 0.05) is 13.1 Å². The third-order valence-corrected chi connectivity index (χ3v) is 7.63. The molecule has 3 N–H and O–H groups in total. The number of anilines is 1. The molecular weight excluding hydrogens is 498 g/mol. The van der Waals surface area contributed by atoms with Crippen LogP contribution in [-0.4, -0.2) is 95.1 Å². The highest BCUT2D eigenvalue weighted by atomic mass is 16.4. The molecule has 0 saturated carbocycles. The maximum Gasteiger partial charge on any atom is 0.317 e. The number of carbonyl (C=O) groups excluding carboxylic acids is 2. The van der Waals surface area contributed by atoms with E-state index in [1.165, 1.54) is 0 Å². The van der Waals surface area contributed by atoms with Gasteiger partial charge < -0.3 is 20.0 Å². The highest BCUT2D eigenvalue weighted by Crippen LogP contribution is 2.38. The van der Waals surface area contributed by atoms with Gasteiger partial charge in [0.2, 0.25) is 5.78 Å². The molecule has 2 heterocycles. The van der Waals surface area contributed by atoms with E-state index in [0.29, 0.717) is 44.7 Å². The van der Waals surface area contributed by atoms with E-state index >= 15 is 0 Å². The molecule has 0 aliphatic carbocycles. The molecular formula is C29H37N5O5. The van der Waals surface area contributed by atoms with E-state index in [1.807, 2.05) is 62.0 Å². The van der Waals surface area contributed by atoms with E-state index in [1.54, 1.807) is 17.0 Å². The lowest BCUT2D eigenvalue weighted by molar-refractivity contribution is -0.138. The van der Waals surface area contributed by atoms with Crippen molar-refractivity contribution < 1.29 is 24.6 Å². The number of hydrogen-bond acceptors (Lipinski definition) is 8. The Morgan fingerprint density at radius 2 is 1.82 bits per heavy atom. The number of aliphatic carboxylic acids is 1. The summed E-state index contributed by atoms with van der Waals surface area (Å²) in [6.45, 7) is 6.21. The minimum absolute atomic E-state index is 0.00849. The first-order chi connectivity index (χ1) is 18.6. The topological polar surface area (TPSA) is 126 Å². The van der Waals surface area contributed by atoms with Crippen molar-refractivity contribution in [2.75, 3.05) is 52.2 Å². The molecule has 0 spiro atoms. The quantitative estimate of drug-likeness (QED) is 0.331. The summed E-state index contributed by atoms with van der Waals surface area (Å²) in [6.07, 6.45) is 1.43. The first-order valence-corrected chi connectivity index (χ1v) is 13.2. The molecule has 10 nitrogen and oxygen atoms in total. The smallest absolute Gasteiger partial charge is 0.317 e. The molecule has 10 heteroatoms. The van der Waals surface area contributed by atoms with E-state index in [0.717, 1.165) is 22.3 Å². The van der Waals surface area contributed by atoms with Crippen LogP contribution in [0.25, 0.3) is 0 Å². The van der Waals surface area contributed by atoms with Gasteiger partial charge in [-0.25, -0.2) is 0 Å². The number of phenolic OH excluding ortho intramolecular Hbond substituents is 1. The molecule has 2 aliphatic heterocycles. The lowest BCUT2D eigenvalue weighted by Gasteiger charge is -2.31. The van der Waals surface area contributed by atoms with Crippen LogP contribution in [0.1, 0.15) is 47.1 Å². The number of Topliss-reactive ketones (excluding diaryl/α,β-unsaturated/α-hetero) is 1. The van der Waals surface area contributed by atoms with Crippen LogP contribution in [-0.2, 0) is 14.4 Å². The Labute approximate surface area is 228 Å². The number of nitrogens with one attached hydrogen (secondary N) is 1. The van der Waals surface area contributed by atoms with Gasteiger partial charge in [-0.15, -0.1) is 0 Å². The number of para-hydroxylation sites is 1. The normalized spacial score (nSPS) is 19.9. The number of phenols is 1. The standard InChI is InChI=1S/C29H37N5O5/c1-18-8-9-21(16-19(18)2)26-28(38)25(29(39)34(26)15-14-32(3)4)31-30-23-7-5-6-22(27(23)37)20-10-12-33(13-11-20)17-24(35)36/h5-9,16,20,26,30,37H,10-15,17H2,1-4H3,(H,35,36)/b31-25-. The predicted molar refractivity (Wildman–Crippen MR) is 149 cm³/mol. The predicted octanol–water partition coefficient (Wildman–Crippen LogP) is 2.76. The van der Waals surface area contributed by atoms with Gasteiger partial charge in [0.05, 0.1) is 12.2 Å². The van der Waals surface area contributed by atoms with E-state index in [-0.39, 0.29) is 29.7 Å². The Hall–Kier alpha value is -3.76. The van der Waals surface area contributed by atoms with Crippen LogP contribution in [0.4, 0.5) is 5.69 Å². The second-order valence-corrected chi connectivity index (χ2v) is 10.7. The van der Waals surface area contributed by atoms with Gasteiger partial charge in [-0.05, 0) is 88.1 Å². The summed E-state index contributed by atoms with van der Waals surface area (Å²) in [5.41, 5.74) is 6.53. The molecule has 39 heavy (non-hydrogen) atoms. The zero-order valence-electron chi connectivity index (χ0n) is 23.0. The Balaban J connectivity index is 1.56. The van der Waals surface area contributed by atoms with E-state index in [4.69, 9.17) is 5.11 Å². The summed E-state index contributed by atoms with van der Waals surface area (Å²) in [5.74, 6) is -1.59. The molecule has 2 aliphatic rings. The molecule has 0 radical (unpaired) electrons. The van der Waals surface area contributed by atoms with Gasteiger partial charge in [0.15, 0.2) is 5.71 Å². The number of hydrazone groups is 1. The molecule has 2 saturated heterocycles. The maximum absolute atomic E-state index is 13.5. The van der Waals surface area contributed by atoms with Crippen LogP contribution < -0.4 is 5.43 Å². The molecule has 0 bridgehead atoms. The minimum Gasteiger partial charge on any atom is -0.505 e. The SMILES string of the molecule is Cc1ccc(C2C(=O)/C(=N/Nc3cccc(C4CCN(CC(=O)O)CC4)c3O)C(=O)N2CCN(C)C)cc1C. The van der Waals surface area contributed by atoms with Crippen LogP contribution in [0, 0.1) is 13.8 Å². The number of likely N-dealkylation sites (N-methyl/N-ethyl adjacent to an activating group) is 1. The number of piperidine rings is 1. The summed E-state index contributed by atoms with van der Waals surface area (Å²) in [6, 6.07) is 10.3. The molecule has 1 atom stereocenters. The summed E-state index contributed by atoms with van der Waals surface area (Å²) in [7, 11) is 3.82. The molecule has 208 valence electrons. The number of carboxylic acid groups (broad SMARTS) is 1. The number of aromatic hydroxyl groups is 1. The van der Waals surface area contributed by atoms with Crippen molar-refractivity contribution in [2.45, 2.75) is 38.6 Å². The maximum atomic E-state index is 13.5. The fourth-order valence-electron chi connectivity index (χ4n) is 5.23. The molecule has 0 aromatic heterocycles. The van der Waals surface area contributed by atoms with E-state index in [9.17, 15) is 19.5 Å². The van der Waals surface area contributed by atoms with Gasteiger partial charge in [-0.3, -0.25) is 24.7 Å². The monoisotopic (exact) mass is 535 g/mol. The van der Waals surface area contributed by atoms with Crippen LogP contribution in [0.2, 0.25) is 0 Å². The Morgan fingerprint density at radius 1 is 1.10 bits per heavy atom. The molecule has 2 fully saturated rings. The third-order valence-electron chi connectivity index (χ3n) is 7.63. The van der Waals surface area contributed by atoms with E-state index in [2.05, 4.69) is 10.5 Å². The first-order valence-electron chi connectivity index (χ1n) is 13.2. The molecule has 2 aromatic carbocycles. The highest BCUT2D eigenvalue weighted by Gasteiger charge is 2.45. The number of likely N-dealkylation sites (tertiary alicyclic amines) is 2. The van der Waals surface area contributed by atoms with Gasteiger partial charge in [0.25, 0.3) is 5.91 Å². The van der Waals surface area contributed by atoms with Gasteiger partial charge in [-0.2, -0.15) is 5.10 Å². The number of rotatable bonds is 9. The number of carbonyl (C=O) groups is 3. The molecule has 4 rings (SSSR count). The van der Waals surface area contributed by atoms with Crippen LogP contribution in [0.15, 0.2) is 41.5 Å². The Kier molecular flexibility index (Phi) is 8.66. The Morgan fingerprint density at radius 3 is 2.46 bits per heavy atom. The molecule has 1 unspecified atom stereocenters. The fraction of sp³-hybridized carbons (Fsp3) is 0.448. The number of hydrogen-bond donors (Lipinski definition) is 3. The number of nitrogens with zero attached hydrogens (tertiary/aromatic N) is 4. The van der Waals surface area contributed by atoms with Crippen molar-refractivity contribution in [1.82, 2.24) is 14.7 Å². The van der Waals surface area contributed by atoms with Crippen molar-refractivity contribution in [3.63, 3.8) is 0 Å². The van der Waals surface area contributed by atoms with Crippen molar-refractivity contribution in [2.24, 2.45) is 5.10 Å². The van der Waals surface area contributed by atoms with Crippen LogP contribution >= 0.6 is 0 Å². The Bertz CT molecular complexity index is 1280. The second kappa shape index (κ2) is 12.0. The second-order valence-electron chi connectivity index (χ2n) is 10.7. The number of aryl methyl sites for hydroxylation is 2. The van der Waals surface area contributed by atoms with Crippen molar-refractivity contribution in [3.8, 4) is 5.75 Å². The minimum atomic E-state index is -0.849. The summed E-state index contributed by atoms with van der Waals surface area (Å²) in [5, 5.41) is 24.3. The first kappa shape index (κ1) is 28.3. The average Bonchev–Trinajstić information content (AvgIpc) is 3.12. The largest absolute Gasteiger partial charge is 0.505 e. The summed E-state index contributed by atoms with van der Waals surface area (Å²) < 4.78 is 0. The highest BCUT2D eigenvalue weighted by molar-refractivity contribution is 6.69. The third kappa shape index (κ3) is 6.29. The zero-order valence-corrected chi connectivity index (χ0v) is 23.0. The number of amides is 1. The zero-order chi connectivity index (χ0) is 28.3. The number of ketones is 1. The number of benzene rings is 2. The van der Waals surface area contributed by atoms with Gasteiger partial charge >= 0.3 is 5.97 Å². The van der Waals surface area contributed by atoms with Crippen LogP contribution in [0.5, 0.6) is 5.75 Å². The van der Waals surface area contributed by atoms with Crippen molar-refractivity contribution >= 4 is 29.1 Å². The van der Waals surface area contributed by atoms with Crippen molar-refractivity contribution in [3.05, 3.63) is 58.7 Å². The molecule has 1 amide bonds. The number of carboxylic acids is 1. The summed E-state index contributed by atoms with van der Waals surface area (Å²) in [4.78, 5) is 43.3. The van der Waals surface area contributed by atoms with Crippen molar-refractivity contribution in [1.29, 1.82) is 0 Å². The lowest BCUT2D eigenvalue weighted by atomic mass is 9.88. The summed E-state index contributed by atoms with van der Waals surface area (Å²) >= 11 is 0. The van der Waals surface area contributed by atoms with Gasteiger partial charge in [0.1, 0.15) is 11.8 Å². The fourth-order valence-corrected chi connectivity index (χ4v) is 5.23. The van der Waals surface area contributed by atoms with E-state index < -0.39 is 17.9 Å². The average molecular weight is 536 g/mol. The lowest BCUT2D eigenvalue weighted by Crippen LogP contribution is -2.36. The van der Waals surface area contributed by atoms with Gasteiger partial charge in [-0.1, -0.05) is 30.3 Å².